The van der Waals surface area contributed by atoms with Crippen LogP contribution in [0.2, 0.25) is 0 Å². The first kappa shape index (κ1) is 10.2. The molecule has 2 aromatic rings. The summed E-state index contributed by atoms with van der Waals surface area (Å²) in [5.74, 6) is -1.03. The van der Waals surface area contributed by atoms with Crippen LogP contribution in [0.15, 0.2) is 18.2 Å². The number of carbonyl (C=O) groups is 1. The third kappa shape index (κ3) is 1.66. The second kappa shape index (κ2) is 3.53. The first-order chi connectivity index (χ1) is 8.16. The standard InChI is InChI=1S/C11H12N4O2/c12-10(11(16)17)6-1-4-8-9(5-6)15(14-13-8)7-2-3-7/h1,4-5,7,10H,2-3,12H2,(H,16,17). The van der Waals surface area contributed by atoms with E-state index in [1.165, 1.54) is 0 Å². The predicted octanol–water partition coefficient (Wildman–Crippen LogP) is 0.851. The van der Waals surface area contributed by atoms with Gasteiger partial charge in [0.2, 0.25) is 0 Å². The Morgan fingerprint density at radius 1 is 1.53 bits per heavy atom. The Bertz CT molecular complexity index is 588. The van der Waals surface area contributed by atoms with E-state index >= 15 is 0 Å². The van der Waals surface area contributed by atoms with Crippen molar-refractivity contribution in [3.63, 3.8) is 0 Å². The molecule has 1 fully saturated rings. The Morgan fingerprint density at radius 3 is 2.94 bits per heavy atom. The largest absolute Gasteiger partial charge is 0.480 e. The lowest BCUT2D eigenvalue weighted by Gasteiger charge is -2.07. The fourth-order valence-electron chi connectivity index (χ4n) is 1.88. The number of nitrogens with two attached hydrogens (primary N) is 1. The zero-order valence-corrected chi connectivity index (χ0v) is 9.08. The topological polar surface area (TPSA) is 94.0 Å². The molecular formula is C11H12N4O2. The van der Waals surface area contributed by atoms with Crippen LogP contribution >= 0.6 is 0 Å². The maximum atomic E-state index is 10.8. The molecule has 0 aliphatic heterocycles. The van der Waals surface area contributed by atoms with Crippen LogP contribution in [0.4, 0.5) is 0 Å². The molecule has 1 aliphatic rings. The van der Waals surface area contributed by atoms with Crippen LogP contribution in [0.1, 0.15) is 30.5 Å². The van der Waals surface area contributed by atoms with E-state index in [9.17, 15) is 4.79 Å². The van der Waals surface area contributed by atoms with E-state index in [1.54, 1.807) is 18.2 Å². The average molecular weight is 232 g/mol. The SMILES string of the molecule is NC(C(=O)O)c1ccc2nnn(C3CC3)c2c1. The number of aromatic nitrogens is 3. The molecule has 0 radical (unpaired) electrons. The Kier molecular flexibility index (Phi) is 2.12. The van der Waals surface area contributed by atoms with Gasteiger partial charge >= 0.3 is 5.97 Å². The summed E-state index contributed by atoms with van der Waals surface area (Å²) in [6.45, 7) is 0. The van der Waals surface area contributed by atoms with Gasteiger partial charge < -0.3 is 10.8 Å². The van der Waals surface area contributed by atoms with Crippen molar-refractivity contribution < 1.29 is 9.90 Å². The van der Waals surface area contributed by atoms with Gasteiger partial charge in [0.05, 0.1) is 11.6 Å². The lowest BCUT2D eigenvalue weighted by atomic mass is 10.1. The van der Waals surface area contributed by atoms with Crippen LogP contribution in [0.5, 0.6) is 0 Å². The van der Waals surface area contributed by atoms with Gasteiger partial charge in [-0.15, -0.1) is 5.10 Å². The molecule has 3 N–H and O–H groups in total. The van der Waals surface area contributed by atoms with E-state index in [2.05, 4.69) is 10.3 Å². The highest BCUT2D eigenvalue weighted by atomic mass is 16.4. The third-order valence-electron chi connectivity index (χ3n) is 3.01. The van der Waals surface area contributed by atoms with Crippen molar-refractivity contribution in [2.45, 2.75) is 24.9 Å². The average Bonchev–Trinajstić information content (AvgIpc) is 3.07. The van der Waals surface area contributed by atoms with Crippen molar-refractivity contribution in [2.75, 3.05) is 0 Å². The molecule has 0 saturated heterocycles. The smallest absolute Gasteiger partial charge is 0.325 e. The summed E-state index contributed by atoms with van der Waals surface area (Å²) in [4.78, 5) is 10.8. The van der Waals surface area contributed by atoms with Crippen molar-refractivity contribution in [3.05, 3.63) is 23.8 Å². The molecule has 1 saturated carbocycles. The van der Waals surface area contributed by atoms with E-state index in [0.717, 1.165) is 23.9 Å². The molecule has 6 nitrogen and oxygen atoms in total. The Hall–Kier alpha value is -1.95. The lowest BCUT2D eigenvalue weighted by Crippen LogP contribution is -2.20. The van der Waals surface area contributed by atoms with Crippen LogP contribution in [0.3, 0.4) is 0 Å². The quantitative estimate of drug-likeness (QED) is 0.818. The molecule has 6 heteroatoms. The normalized spacial score (nSPS) is 17.2. The van der Waals surface area contributed by atoms with Gasteiger partial charge in [0.1, 0.15) is 11.6 Å². The highest BCUT2D eigenvalue weighted by Gasteiger charge is 2.27. The Morgan fingerprint density at radius 2 is 2.29 bits per heavy atom. The molecule has 0 amide bonds. The summed E-state index contributed by atoms with van der Waals surface area (Å²) in [5.41, 5.74) is 7.81. The zero-order valence-electron chi connectivity index (χ0n) is 9.08. The predicted molar refractivity (Wildman–Crippen MR) is 60.4 cm³/mol. The highest BCUT2D eigenvalue weighted by molar-refractivity contribution is 5.80. The van der Waals surface area contributed by atoms with Crippen molar-refractivity contribution in [3.8, 4) is 0 Å². The van der Waals surface area contributed by atoms with Crippen LogP contribution < -0.4 is 5.73 Å². The fraction of sp³-hybridized carbons (Fsp3) is 0.364. The minimum absolute atomic E-state index is 0.413. The monoisotopic (exact) mass is 232 g/mol. The summed E-state index contributed by atoms with van der Waals surface area (Å²) < 4.78 is 1.85. The summed E-state index contributed by atoms with van der Waals surface area (Å²) in [6, 6.07) is 4.64. The first-order valence-electron chi connectivity index (χ1n) is 5.50. The second-order valence-corrected chi connectivity index (χ2v) is 4.33. The molecular weight excluding hydrogens is 220 g/mol. The number of rotatable bonds is 3. The summed E-state index contributed by atoms with van der Waals surface area (Å²) >= 11 is 0. The Labute approximate surface area is 97.0 Å². The molecule has 1 unspecified atom stereocenters. The highest BCUT2D eigenvalue weighted by Crippen LogP contribution is 2.36. The Balaban J connectivity index is 2.09. The number of hydrogen-bond donors (Lipinski definition) is 2. The molecule has 1 atom stereocenters. The maximum Gasteiger partial charge on any atom is 0.325 e. The van der Waals surface area contributed by atoms with Gasteiger partial charge in [-0.2, -0.15) is 0 Å². The zero-order chi connectivity index (χ0) is 12.0. The first-order valence-corrected chi connectivity index (χ1v) is 5.50. The minimum atomic E-state index is -1.03. The van der Waals surface area contributed by atoms with Crippen LogP contribution in [0.25, 0.3) is 11.0 Å². The number of benzene rings is 1. The molecule has 0 spiro atoms. The summed E-state index contributed by atoms with van der Waals surface area (Å²) in [7, 11) is 0. The van der Waals surface area contributed by atoms with Gasteiger partial charge in [-0.1, -0.05) is 11.3 Å². The van der Waals surface area contributed by atoms with Gasteiger partial charge in [-0.3, -0.25) is 4.79 Å². The molecule has 1 heterocycles. The maximum absolute atomic E-state index is 10.8. The van der Waals surface area contributed by atoms with Crippen LogP contribution in [0, 0.1) is 0 Å². The number of nitrogens with zero attached hydrogens (tertiary/aromatic N) is 3. The number of aliphatic carboxylic acids is 1. The second-order valence-electron chi connectivity index (χ2n) is 4.33. The van der Waals surface area contributed by atoms with Crippen LogP contribution in [-0.2, 0) is 4.79 Å². The van der Waals surface area contributed by atoms with E-state index < -0.39 is 12.0 Å². The van der Waals surface area contributed by atoms with Crippen molar-refractivity contribution in [1.29, 1.82) is 0 Å². The van der Waals surface area contributed by atoms with E-state index in [4.69, 9.17) is 10.8 Å². The third-order valence-corrected chi connectivity index (χ3v) is 3.01. The number of carboxylic acid groups (broad SMARTS) is 1. The minimum Gasteiger partial charge on any atom is -0.480 e. The number of carboxylic acids is 1. The van der Waals surface area contributed by atoms with E-state index in [1.807, 2.05) is 4.68 Å². The molecule has 88 valence electrons. The molecule has 1 aromatic carbocycles. The van der Waals surface area contributed by atoms with Gasteiger partial charge in [0.15, 0.2) is 0 Å². The van der Waals surface area contributed by atoms with E-state index in [-0.39, 0.29) is 0 Å². The van der Waals surface area contributed by atoms with Gasteiger partial charge in [0.25, 0.3) is 0 Å². The number of hydrogen-bond acceptors (Lipinski definition) is 4. The molecule has 17 heavy (non-hydrogen) atoms. The van der Waals surface area contributed by atoms with Crippen LogP contribution in [-0.4, -0.2) is 26.1 Å². The molecule has 1 aromatic heterocycles. The molecule has 1 aliphatic carbocycles. The van der Waals surface area contributed by atoms with E-state index in [0.29, 0.717) is 11.6 Å². The van der Waals surface area contributed by atoms with Crippen molar-refractivity contribution in [2.24, 2.45) is 5.73 Å². The summed E-state index contributed by atoms with van der Waals surface area (Å²) in [5, 5.41) is 17.0. The molecule has 3 rings (SSSR count). The van der Waals surface area contributed by atoms with Gasteiger partial charge in [-0.05, 0) is 30.5 Å². The lowest BCUT2D eigenvalue weighted by molar-refractivity contribution is -0.138. The summed E-state index contributed by atoms with van der Waals surface area (Å²) in [6.07, 6.45) is 2.21. The number of fused-ring (bicyclic) bond motifs is 1. The fourth-order valence-corrected chi connectivity index (χ4v) is 1.88. The van der Waals surface area contributed by atoms with Gasteiger partial charge in [-0.25, -0.2) is 4.68 Å². The van der Waals surface area contributed by atoms with Crippen molar-refractivity contribution >= 4 is 17.0 Å². The van der Waals surface area contributed by atoms with Gasteiger partial charge in [0, 0.05) is 0 Å². The van der Waals surface area contributed by atoms with Crippen molar-refractivity contribution in [1.82, 2.24) is 15.0 Å². The molecule has 0 bridgehead atoms.